The fourth-order valence-electron chi connectivity index (χ4n) is 3.59. The quantitative estimate of drug-likeness (QED) is 0.452. The summed E-state index contributed by atoms with van der Waals surface area (Å²) in [4.78, 5) is 23.0. The van der Waals surface area contributed by atoms with E-state index in [9.17, 15) is 13.2 Å². The number of piperidine rings is 1. The van der Waals surface area contributed by atoms with Gasteiger partial charge >= 0.3 is 6.09 Å². The van der Waals surface area contributed by atoms with Gasteiger partial charge in [-0.2, -0.15) is 8.42 Å². The van der Waals surface area contributed by atoms with Gasteiger partial charge in [-0.15, -0.1) is 0 Å². The molecule has 3 rings (SSSR count). The molecule has 0 unspecified atom stereocenters. The van der Waals surface area contributed by atoms with Crippen molar-refractivity contribution in [3.8, 4) is 5.75 Å². The van der Waals surface area contributed by atoms with E-state index < -0.39 is 15.7 Å². The van der Waals surface area contributed by atoms with Crippen molar-refractivity contribution in [2.45, 2.75) is 51.6 Å². The van der Waals surface area contributed by atoms with Gasteiger partial charge in [-0.25, -0.2) is 14.8 Å². The molecule has 1 saturated heterocycles. The first-order chi connectivity index (χ1) is 15.0. The monoisotopic (exact) mass is 465 g/mol. The van der Waals surface area contributed by atoms with Crippen LogP contribution in [0.2, 0.25) is 0 Å². The van der Waals surface area contributed by atoms with E-state index in [4.69, 9.17) is 13.7 Å². The molecule has 176 valence electrons. The molecule has 0 bridgehead atoms. The summed E-state index contributed by atoms with van der Waals surface area (Å²) in [5.41, 5.74) is 1.26. The zero-order valence-electron chi connectivity index (χ0n) is 19.0. The number of carbonyl (C=O) groups is 1. The zero-order chi connectivity index (χ0) is 23.4. The molecular formula is C22H31N3O6S. The van der Waals surface area contributed by atoms with E-state index in [1.807, 2.05) is 39.0 Å². The van der Waals surface area contributed by atoms with Gasteiger partial charge < -0.3 is 14.4 Å². The average molecular weight is 466 g/mol. The van der Waals surface area contributed by atoms with Crippen LogP contribution in [0, 0.1) is 0 Å². The predicted molar refractivity (Wildman–Crippen MR) is 120 cm³/mol. The van der Waals surface area contributed by atoms with Crippen LogP contribution in [-0.4, -0.2) is 67.5 Å². The van der Waals surface area contributed by atoms with Gasteiger partial charge in [-0.05, 0) is 45.7 Å². The van der Waals surface area contributed by atoms with Crippen molar-refractivity contribution in [3.63, 3.8) is 0 Å². The maximum Gasteiger partial charge on any atom is 0.410 e. The van der Waals surface area contributed by atoms with Crippen LogP contribution < -0.4 is 4.74 Å². The Morgan fingerprint density at radius 3 is 2.53 bits per heavy atom. The standard InChI is InChI=1S/C22H31N3O6S/c1-22(2,3)31-21(26)25-10-8-16(9-11-25)20-18-7-6-17(14-19(18)23-15-24-20)29-12-5-13-30-32(4,27)28/h6-7,14-16H,5,8-13H2,1-4H3. The summed E-state index contributed by atoms with van der Waals surface area (Å²) in [7, 11) is -3.43. The van der Waals surface area contributed by atoms with E-state index in [2.05, 4.69) is 9.97 Å². The first kappa shape index (κ1) is 24.2. The van der Waals surface area contributed by atoms with Crippen molar-refractivity contribution in [1.82, 2.24) is 14.9 Å². The number of rotatable bonds is 7. The molecule has 0 saturated carbocycles. The van der Waals surface area contributed by atoms with Crippen LogP contribution >= 0.6 is 0 Å². The number of likely N-dealkylation sites (tertiary alicyclic amines) is 1. The predicted octanol–water partition coefficient (Wildman–Crippen LogP) is 3.49. The molecule has 0 aliphatic carbocycles. The van der Waals surface area contributed by atoms with Gasteiger partial charge in [0, 0.05) is 36.9 Å². The van der Waals surface area contributed by atoms with Crippen LogP contribution in [-0.2, 0) is 19.0 Å². The summed E-state index contributed by atoms with van der Waals surface area (Å²) < 4.78 is 37.8. The number of amides is 1. The molecule has 2 heterocycles. The highest BCUT2D eigenvalue weighted by Gasteiger charge is 2.28. The third-order valence-corrected chi connectivity index (χ3v) is 5.62. The molecular weight excluding hydrogens is 434 g/mol. The number of hydrogen-bond acceptors (Lipinski definition) is 8. The van der Waals surface area contributed by atoms with E-state index in [1.165, 1.54) is 0 Å². The molecule has 1 amide bonds. The average Bonchev–Trinajstić information content (AvgIpc) is 2.71. The Morgan fingerprint density at radius 2 is 1.88 bits per heavy atom. The maximum absolute atomic E-state index is 12.3. The number of carbonyl (C=O) groups excluding carboxylic acids is 1. The van der Waals surface area contributed by atoms with Crippen molar-refractivity contribution in [2.24, 2.45) is 0 Å². The number of fused-ring (bicyclic) bond motifs is 1. The molecule has 0 atom stereocenters. The second kappa shape index (κ2) is 9.99. The Hall–Kier alpha value is -2.46. The molecule has 1 aliphatic rings. The highest BCUT2D eigenvalue weighted by molar-refractivity contribution is 7.85. The number of ether oxygens (including phenoxy) is 2. The van der Waals surface area contributed by atoms with Gasteiger partial charge in [0.05, 0.1) is 30.7 Å². The molecule has 1 aromatic carbocycles. The number of benzene rings is 1. The molecule has 0 radical (unpaired) electrons. The minimum Gasteiger partial charge on any atom is -0.493 e. The highest BCUT2D eigenvalue weighted by atomic mass is 32.2. The van der Waals surface area contributed by atoms with Crippen LogP contribution in [0.3, 0.4) is 0 Å². The Bertz CT molecular complexity index is 1040. The molecule has 0 N–H and O–H groups in total. The molecule has 1 aromatic heterocycles. The van der Waals surface area contributed by atoms with Gasteiger partial charge in [0.15, 0.2) is 0 Å². The van der Waals surface area contributed by atoms with Crippen molar-refractivity contribution in [2.75, 3.05) is 32.6 Å². The van der Waals surface area contributed by atoms with E-state index in [0.29, 0.717) is 31.9 Å². The van der Waals surface area contributed by atoms with Crippen LogP contribution in [0.5, 0.6) is 5.75 Å². The molecule has 0 spiro atoms. The van der Waals surface area contributed by atoms with Crippen LogP contribution in [0.4, 0.5) is 4.79 Å². The van der Waals surface area contributed by atoms with Gasteiger partial charge in [0.2, 0.25) is 0 Å². The first-order valence-corrected chi connectivity index (χ1v) is 12.5. The minimum atomic E-state index is -3.43. The molecule has 1 fully saturated rings. The van der Waals surface area contributed by atoms with Crippen LogP contribution in [0.1, 0.15) is 51.6 Å². The minimum absolute atomic E-state index is 0.0841. The number of aromatic nitrogens is 2. The summed E-state index contributed by atoms with van der Waals surface area (Å²) in [6.07, 6.45) is 4.38. The lowest BCUT2D eigenvalue weighted by Crippen LogP contribution is -2.41. The largest absolute Gasteiger partial charge is 0.493 e. The molecule has 9 nitrogen and oxygen atoms in total. The topological polar surface area (TPSA) is 108 Å². The smallest absolute Gasteiger partial charge is 0.410 e. The van der Waals surface area contributed by atoms with Crippen LogP contribution in [0.15, 0.2) is 24.5 Å². The Balaban J connectivity index is 1.59. The van der Waals surface area contributed by atoms with Crippen molar-refractivity contribution >= 4 is 27.1 Å². The van der Waals surface area contributed by atoms with Gasteiger partial charge in [-0.1, -0.05) is 0 Å². The lowest BCUT2D eigenvalue weighted by Gasteiger charge is -2.33. The Kier molecular flexibility index (Phi) is 7.55. The molecule has 2 aromatic rings. The van der Waals surface area contributed by atoms with E-state index >= 15 is 0 Å². The highest BCUT2D eigenvalue weighted by Crippen LogP contribution is 2.32. The molecule has 1 aliphatic heterocycles. The summed E-state index contributed by atoms with van der Waals surface area (Å²) in [5.74, 6) is 0.889. The normalized spacial score (nSPS) is 15.7. The van der Waals surface area contributed by atoms with Gasteiger partial charge in [-0.3, -0.25) is 4.18 Å². The van der Waals surface area contributed by atoms with E-state index in [-0.39, 0.29) is 18.6 Å². The Labute approximate surface area is 189 Å². The Morgan fingerprint density at radius 1 is 1.16 bits per heavy atom. The van der Waals surface area contributed by atoms with Gasteiger partial charge in [0.1, 0.15) is 17.7 Å². The van der Waals surface area contributed by atoms with Crippen LogP contribution in [0.25, 0.3) is 10.9 Å². The fraction of sp³-hybridized carbons (Fsp3) is 0.591. The second-order valence-corrected chi connectivity index (χ2v) is 10.6. The molecule has 32 heavy (non-hydrogen) atoms. The third kappa shape index (κ3) is 7.03. The summed E-state index contributed by atoms with van der Waals surface area (Å²) >= 11 is 0. The lowest BCUT2D eigenvalue weighted by molar-refractivity contribution is 0.0204. The fourth-order valence-corrected chi connectivity index (χ4v) is 4.01. The number of hydrogen-bond donors (Lipinski definition) is 0. The van der Waals surface area contributed by atoms with Crippen molar-refractivity contribution in [3.05, 3.63) is 30.2 Å². The SMILES string of the molecule is CC(C)(C)OC(=O)N1CCC(c2ncnc3cc(OCCCOS(C)(=O)=O)ccc23)CC1. The second-order valence-electron chi connectivity index (χ2n) is 8.91. The van der Waals surface area contributed by atoms with Crippen molar-refractivity contribution in [1.29, 1.82) is 0 Å². The van der Waals surface area contributed by atoms with E-state index in [0.717, 1.165) is 35.7 Å². The number of nitrogens with zero attached hydrogens (tertiary/aromatic N) is 3. The summed E-state index contributed by atoms with van der Waals surface area (Å²) in [5, 5.41) is 0.968. The lowest BCUT2D eigenvalue weighted by atomic mass is 9.91. The summed E-state index contributed by atoms with van der Waals surface area (Å²) in [6.45, 7) is 7.27. The van der Waals surface area contributed by atoms with Crippen molar-refractivity contribution < 1.29 is 26.9 Å². The molecule has 10 heteroatoms. The van der Waals surface area contributed by atoms with E-state index in [1.54, 1.807) is 11.2 Å². The maximum atomic E-state index is 12.3. The van der Waals surface area contributed by atoms with Gasteiger partial charge in [0.25, 0.3) is 10.1 Å². The zero-order valence-corrected chi connectivity index (χ0v) is 19.9. The summed E-state index contributed by atoms with van der Waals surface area (Å²) in [6, 6.07) is 5.67. The third-order valence-electron chi connectivity index (χ3n) is 5.03. The first-order valence-electron chi connectivity index (χ1n) is 10.7.